The van der Waals surface area contributed by atoms with Gasteiger partial charge < -0.3 is 14.7 Å². The third-order valence-corrected chi connectivity index (χ3v) is 5.89. The number of hydrogen-bond donors (Lipinski definition) is 1. The lowest BCUT2D eigenvalue weighted by Gasteiger charge is -2.29. The van der Waals surface area contributed by atoms with Gasteiger partial charge in [-0.15, -0.1) is 0 Å². The lowest BCUT2D eigenvalue weighted by molar-refractivity contribution is -0.126. The SMILES string of the molecule is CCN1CC(=O)N(CC(C)(C)CCCCOCCCCC(C)(C)CCCO)C1=O. The summed E-state index contributed by atoms with van der Waals surface area (Å²) in [6.07, 6.45) is 8.40. The number of unbranched alkanes of at least 4 members (excludes halogenated alkanes) is 2. The van der Waals surface area contributed by atoms with Crippen molar-refractivity contribution in [2.75, 3.05) is 39.5 Å². The van der Waals surface area contributed by atoms with Crippen molar-refractivity contribution < 1.29 is 19.4 Å². The molecular weight excluding hydrogens is 368 g/mol. The van der Waals surface area contributed by atoms with E-state index in [2.05, 4.69) is 27.7 Å². The standard InChI is InChI=1S/C23H44N2O4/c1-6-24-18-20(27)25(21(24)28)19-23(4,5)13-8-10-17-29-16-9-7-12-22(2,3)14-11-15-26/h26H,6-19H2,1-5H3. The molecule has 1 aliphatic heterocycles. The highest BCUT2D eigenvalue weighted by molar-refractivity contribution is 6.02. The van der Waals surface area contributed by atoms with Crippen LogP contribution in [0.4, 0.5) is 4.79 Å². The summed E-state index contributed by atoms with van der Waals surface area (Å²) in [6.45, 7) is 13.9. The third kappa shape index (κ3) is 9.94. The Morgan fingerprint density at radius 2 is 1.45 bits per heavy atom. The van der Waals surface area contributed by atoms with Gasteiger partial charge in [0.15, 0.2) is 0 Å². The highest BCUT2D eigenvalue weighted by Crippen LogP contribution is 2.29. The topological polar surface area (TPSA) is 70.1 Å². The van der Waals surface area contributed by atoms with Crippen molar-refractivity contribution in [3.63, 3.8) is 0 Å². The zero-order chi connectivity index (χ0) is 21.9. The van der Waals surface area contributed by atoms with Crippen molar-refractivity contribution in [3.05, 3.63) is 0 Å². The Morgan fingerprint density at radius 1 is 0.897 bits per heavy atom. The fourth-order valence-electron chi connectivity index (χ4n) is 3.90. The number of hydrogen-bond acceptors (Lipinski definition) is 4. The molecule has 0 radical (unpaired) electrons. The highest BCUT2D eigenvalue weighted by Gasteiger charge is 2.37. The van der Waals surface area contributed by atoms with Crippen molar-refractivity contribution in [1.29, 1.82) is 0 Å². The lowest BCUT2D eigenvalue weighted by atomic mass is 9.83. The van der Waals surface area contributed by atoms with Gasteiger partial charge in [0.25, 0.3) is 0 Å². The summed E-state index contributed by atoms with van der Waals surface area (Å²) in [7, 11) is 0. The summed E-state index contributed by atoms with van der Waals surface area (Å²) in [4.78, 5) is 27.3. The molecule has 0 saturated carbocycles. The molecule has 0 atom stereocenters. The Balaban J connectivity index is 2.11. The van der Waals surface area contributed by atoms with Gasteiger partial charge in [-0.1, -0.05) is 40.5 Å². The van der Waals surface area contributed by atoms with E-state index in [1.165, 1.54) is 11.3 Å². The Labute approximate surface area is 178 Å². The fraction of sp³-hybridized carbons (Fsp3) is 0.913. The number of carbonyl (C=O) groups excluding carboxylic acids is 2. The maximum Gasteiger partial charge on any atom is 0.327 e. The zero-order valence-corrected chi connectivity index (χ0v) is 19.5. The Bertz CT molecular complexity index is 505. The highest BCUT2D eigenvalue weighted by atomic mass is 16.5. The second kappa shape index (κ2) is 12.5. The molecule has 1 saturated heterocycles. The van der Waals surface area contributed by atoms with Gasteiger partial charge in [0, 0.05) is 32.9 Å². The Kier molecular flexibility index (Phi) is 11.2. The van der Waals surface area contributed by atoms with Crippen molar-refractivity contribution in [2.45, 2.75) is 86.0 Å². The van der Waals surface area contributed by atoms with Crippen LogP contribution >= 0.6 is 0 Å². The van der Waals surface area contributed by atoms with Gasteiger partial charge in [-0.3, -0.25) is 9.69 Å². The minimum Gasteiger partial charge on any atom is -0.396 e. The minimum absolute atomic E-state index is 0.0742. The molecule has 0 spiro atoms. The summed E-state index contributed by atoms with van der Waals surface area (Å²) >= 11 is 0. The number of nitrogens with zero attached hydrogens (tertiary/aromatic N) is 2. The van der Waals surface area contributed by atoms with Gasteiger partial charge in [-0.2, -0.15) is 0 Å². The Morgan fingerprint density at radius 3 is 1.97 bits per heavy atom. The van der Waals surface area contributed by atoms with Crippen LogP contribution in [0.15, 0.2) is 0 Å². The Hall–Kier alpha value is -1.14. The average molecular weight is 413 g/mol. The molecule has 170 valence electrons. The van der Waals surface area contributed by atoms with Crippen molar-refractivity contribution in [2.24, 2.45) is 10.8 Å². The molecular formula is C23H44N2O4. The first-order chi connectivity index (χ1) is 13.6. The number of urea groups is 1. The molecule has 1 aliphatic rings. The molecule has 29 heavy (non-hydrogen) atoms. The zero-order valence-electron chi connectivity index (χ0n) is 19.5. The molecule has 0 aromatic carbocycles. The first-order valence-corrected chi connectivity index (χ1v) is 11.4. The van der Waals surface area contributed by atoms with E-state index in [4.69, 9.17) is 9.84 Å². The molecule has 0 aliphatic carbocycles. The van der Waals surface area contributed by atoms with Gasteiger partial charge in [0.05, 0.1) is 0 Å². The second-order valence-corrected chi connectivity index (χ2v) is 9.96. The first kappa shape index (κ1) is 25.9. The minimum atomic E-state index is -0.145. The molecule has 0 aromatic heterocycles. The van der Waals surface area contributed by atoms with E-state index in [1.807, 2.05) is 6.92 Å². The van der Waals surface area contributed by atoms with E-state index in [0.29, 0.717) is 18.5 Å². The molecule has 6 nitrogen and oxygen atoms in total. The van der Waals surface area contributed by atoms with E-state index in [0.717, 1.165) is 58.2 Å². The quantitative estimate of drug-likeness (QED) is 0.300. The van der Waals surface area contributed by atoms with Gasteiger partial charge in [0.1, 0.15) is 6.54 Å². The second-order valence-electron chi connectivity index (χ2n) is 9.96. The normalized spacial score (nSPS) is 15.7. The van der Waals surface area contributed by atoms with Crippen LogP contribution in [0.1, 0.15) is 86.0 Å². The van der Waals surface area contributed by atoms with Crippen LogP contribution in [0.3, 0.4) is 0 Å². The van der Waals surface area contributed by atoms with E-state index in [9.17, 15) is 9.59 Å². The number of carbonyl (C=O) groups is 2. The summed E-state index contributed by atoms with van der Waals surface area (Å²) in [5.41, 5.74) is 0.232. The molecule has 3 amide bonds. The number of likely N-dealkylation sites (N-methyl/N-ethyl adjacent to an activating group) is 1. The van der Waals surface area contributed by atoms with Crippen LogP contribution in [0.2, 0.25) is 0 Å². The first-order valence-electron chi connectivity index (χ1n) is 11.4. The summed E-state index contributed by atoms with van der Waals surface area (Å²) in [5.74, 6) is -0.0761. The van der Waals surface area contributed by atoms with Gasteiger partial charge in [0.2, 0.25) is 5.91 Å². The van der Waals surface area contributed by atoms with Gasteiger partial charge in [-0.05, 0) is 56.3 Å². The number of rotatable bonds is 16. The van der Waals surface area contributed by atoms with E-state index in [-0.39, 0.29) is 30.5 Å². The van der Waals surface area contributed by atoms with Gasteiger partial charge in [-0.25, -0.2) is 4.79 Å². The average Bonchev–Trinajstić information content (AvgIpc) is 2.92. The van der Waals surface area contributed by atoms with Crippen molar-refractivity contribution in [3.8, 4) is 0 Å². The van der Waals surface area contributed by atoms with Crippen molar-refractivity contribution in [1.82, 2.24) is 9.80 Å². The van der Waals surface area contributed by atoms with Crippen molar-refractivity contribution >= 4 is 11.9 Å². The number of ether oxygens (including phenoxy) is 1. The summed E-state index contributed by atoms with van der Waals surface area (Å²) in [6, 6.07) is -0.145. The molecule has 1 N–H and O–H groups in total. The van der Waals surface area contributed by atoms with Gasteiger partial charge >= 0.3 is 6.03 Å². The number of amides is 3. The third-order valence-electron chi connectivity index (χ3n) is 5.89. The monoisotopic (exact) mass is 412 g/mol. The number of aliphatic hydroxyl groups excluding tert-OH is 1. The number of imide groups is 1. The number of aliphatic hydroxyl groups is 1. The molecule has 1 fully saturated rings. The van der Waals surface area contributed by atoms with E-state index in [1.54, 1.807) is 4.90 Å². The largest absolute Gasteiger partial charge is 0.396 e. The fourth-order valence-corrected chi connectivity index (χ4v) is 3.90. The van der Waals surface area contributed by atoms with Crippen LogP contribution in [0.5, 0.6) is 0 Å². The maximum atomic E-state index is 12.2. The smallest absolute Gasteiger partial charge is 0.327 e. The van der Waals surface area contributed by atoms with E-state index < -0.39 is 0 Å². The van der Waals surface area contributed by atoms with Crippen LogP contribution in [0, 0.1) is 10.8 Å². The molecule has 1 heterocycles. The predicted molar refractivity (Wildman–Crippen MR) is 117 cm³/mol. The molecule has 6 heteroatoms. The summed E-state index contributed by atoms with van der Waals surface area (Å²) < 4.78 is 5.78. The molecule has 0 unspecified atom stereocenters. The van der Waals surface area contributed by atoms with E-state index >= 15 is 0 Å². The van der Waals surface area contributed by atoms with Crippen LogP contribution < -0.4 is 0 Å². The molecule has 0 aromatic rings. The van der Waals surface area contributed by atoms with Crippen LogP contribution in [0.25, 0.3) is 0 Å². The maximum absolute atomic E-state index is 12.2. The molecule has 0 bridgehead atoms. The molecule has 1 rings (SSSR count). The van der Waals surface area contributed by atoms with Crippen LogP contribution in [-0.4, -0.2) is 66.3 Å². The summed E-state index contributed by atoms with van der Waals surface area (Å²) in [5, 5.41) is 8.95. The predicted octanol–water partition coefficient (Wildman–Crippen LogP) is 4.45. The lowest BCUT2D eigenvalue weighted by Crippen LogP contribution is -2.39. The van der Waals surface area contributed by atoms with Crippen LogP contribution in [-0.2, 0) is 9.53 Å².